The molecule has 1 fully saturated rings. The van der Waals surface area contributed by atoms with Crippen LogP contribution in [0.5, 0.6) is 0 Å². The number of halogens is 3. The molecule has 0 heterocycles. The molecule has 0 aromatic carbocycles. The van der Waals surface area contributed by atoms with Gasteiger partial charge in [0.2, 0.25) is 0 Å². The van der Waals surface area contributed by atoms with Gasteiger partial charge in [-0.2, -0.15) is 0 Å². The molecule has 64 valence electrons. The second kappa shape index (κ2) is 3.12. The summed E-state index contributed by atoms with van der Waals surface area (Å²) in [6, 6.07) is 0. The fourth-order valence-electron chi connectivity index (χ4n) is 1.17. The van der Waals surface area contributed by atoms with Crippen LogP contribution in [0.15, 0.2) is 0 Å². The summed E-state index contributed by atoms with van der Waals surface area (Å²) < 4.78 is -1.26. The van der Waals surface area contributed by atoms with Crippen molar-refractivity contribution >= 4 is 40.6 Å². The Bertz CT molecular complexity index is 179. The van der Waals surface area contributed by atoms with Gasteiger partial charge in [-0.15, -0.1) is 11.6 Å². The van der Waals surface area contributed by atoms with E-state index in [9.17, 15) is 4.79 Å². The molecule has 1 aliphatic carbocycles. The molecule has 2 atom stereocenters. The van der Waals surface area contributed by atoms with Gasteiger partial charge in [0.1, 0.15) is 0 Å². The molecule has 1 nitrogen and oxygen atoms in total. The average molecular weight is 216 g/mol. The highest BCUT2D eigenvalue weighted by Gasteiger charge is 2.45. The van der Waals surface area contributed by atoms with Crippen LogP contribution in [-0.2, 0) is 4.79 Å². The summed E-state index contributed by atoms with van der Waals surface area (Å²) in [6.07, 6.45) is 1.08. The molecule has 0 unspecified atom stereocenters. The van der Waals surface area contributed by atoms with Crippen molar-refractivity contribution in [1.82, 2.24) is 0 Å². The number of alkyl halides is 3. The van der Waals surface area contributed by atoms with Crippen LogP contribution in [-0.4, -0.2) is 15.5 Å². The molecular weight excluding hydrogens is 206 g/mol. The Morgan fingerprint density at radius 3 is 2.55 bits per heavy atom. The van der Waals surface area contributed by atoms with Crippen molar-refractivity contribution in [2.45, 2.75) is 29.5 Å². The molecule has 0 N–H and O–H groups in total. The lowest BCUT2D eigenvalue weighted by atomic mass is 9.88. The van der Waals surface area contributed by atoms with E-state index in [1.54, 1.807) is 6.92 Å². The monoisotopic (exact) mass is 214 g/mol. The van der Waals surface area contributed by atoms with Crippen molar-refractivity contribution in [3.63, 3.8) is 0 Å². The molecule has 1 aliphatic rings. The summed E-state index contributed by atoms with van der Waals surface area (Å²) in [5, 5.41) is -0.0808. The van der Waals surface area contributed by atoms with Crippen LogP contribution >= 0.6 is 34.8 Å². The topological polar surface area (TPSA) is 17.1 Å². The molecule has 0 radical (unpaired) electrons. The van der Waals surface area contributed by atoms with Crippen molar-refractivity contribution < 1.29 is 4.79 Å². The second-order valence-electron chi connectivity index (χ2n) is 2.89. The third-order valence-electron chi connectivity index (χ3n) is 2.13. The van der Waals surface area contributed by atoms with Crippen LogP contribution < -0.4 is 0 Å². The molecule has 0 aromatic heterocycles. The molecule has 0 saturated heterocycles. The molecular formula is C7H9Cl3O. The van der Waals surface area contributed by atoms with Crippen molar-refractivity contribution in [3.05, 3.63) is 0 Å². The molecule has 0 amide bonds. The van der Waals surface area contributed by atoms with Crippen LogP contribution in [0.3, 0.4) is 0 Å². The highest BCUT2D eigenvalue weighted by molar-refractivity contribution is 6.59. The minimum Gasteiger partial charge on any atom is -0.296 e. The maximum atomic E-state index is 11.1. The largest absolute Gasteiger partial charge is 0.296 e. The quantitative estimate of drug-likeness (QED) is 0.568. The summed E-state index contributed by atoms with van der Waals surface area (Å²) in [6.45, 7) is 1.80. The van der Waals surface area contributed by atoms with Gasteiger partial charge in [0, 0.05) is 17.7 Å². The summed E-state index contributed by atoms with van der Waals surface area (Å²) in [4.78, 5) is 11.1. The SMILES string of the molecule is C[C@H]1[C@@H](Cl)CCC(=O)C1(Cl)Cl. The highest BCUT2D eigenvalue weighted by Crippen LogP contribution is 2.41. The Labute approximate surface area is 81.0 Å². The third-order valence-corrected chi connectivity index (χ3v) is 3.84. The normalized spacial score (nSPS) is 37.3. The molecule has 11 heavy (non-hydrogen) atoms. The summed E-state index contributed by atoms with van der Waals surface area (Å²) in [5.74, 6) is -0.265. The lowest BCUT2D eigenvalue weighted by Crippen LogP contribution is -2.42. The molecule has 1 rings (SSSR count). The standard InChI is InChI=1S/C7H9Cl3O/c1-4-5(8)2-3-6(11)7(4,9)10/h4-5H,2-3H2,1H3/t4-,5-/m0/s1. The van der Waals surface area contributed by atoms with E-state index in [0.29, 0.717) is 12.8 Å². The number of carbonyl (C=O) groups is 1. The van der Waals surface area contributed by atoms with Crippen molar-refractivity contribution in [2.24, 2.45) is 5.92 Å². The highest BCUT2D eigenvalue weighted by atomic mass is 35.5. The zero-order valence-corrected chi connectivity index (χ0v) is 8.38. The summed E-state index contributed by atoms with van der Waals surface area (Å²) >= 11 is 17.5. The first kappa shape index (κ1) is 9.63. The number of rotatable bonds is 0. The van der Waals surface area contributed by atoms with Gasteiger partial charge in [-0.3, -0.25) is 4.79 Å². The van der Waals surface area contributed by atoms with E-state index in [1.165, 1.54) is 0 Å². The molecule has 1 saturated carbocycles. The Balaban J connectivity index is 2.80. The lowest BCUT2D eigenvalue weighted by molar-refractivity contribution is -0.122. The van der Waals surface area contributed by atoms with Crippen molar-refractivity contribution in [2.75, 3.05) is 0 Å². The minimum atomic E-state index is -1.26. The number of hydrogen-bond donors (Lipinski definition) is 0. The van der Waals surface area contributed by atoms with Gasteiger partial charge >= 0.3 is 0 Å². The van der Waals surface area contributed by atoms with Crippen LogP contribution in [0, 0.1) is 5.92 Å². The summed E-state index contributed by atoms with van der Waals surface area (Å²) in [5.41, 5.74) is 0. The maximum Gasteiger partial charge on any atom is 0.179 e. The van der Waals surface area contributed by atoms with Gasteiger partial charge in [-0.1, -0.05) is 30.1 Å². The molecule has 0 aliphatic heterocycles. The Morgan fingerprint density at radius 1 is 1.55 bits per heavy atom. The average Bonchev–Trinajstić information content (AvgIpc) is 1.95. The third kappa shape index (κ3) is 1.66. The molecule has 0 bridgehead atoms. The van der Waals surface area contributed by atoms with Gasteiger partial charge in [-0.25, -0.2) is 0 Å². The maximum absolute atomic E-state index is 11.1. The van der Waals surface area contributed by atoms with Gasteiger partial charge in [0.05, 0.1) is 0 Å². The Kier molecular flexibility index (Phi) is 2.73. The number of carbonyl (C=O) groups excluding carboxylic acids is 1. The number of hydrogen-bond acceptors (Lipinski definition) is 1. The van der Waals surface area contributed by atoms with Gasteiger partial charge in [-0.05, 0) is 6.42 Å². The van der Waals surface area contributed by atoms with Crippen molar-refractivity contribution in [3.8, 4) is 0 Å². The van der Waals surface area contributed by atoms with E-state index in [-0.39, 0.29) is 17.1 Å². The van der Waals surface area contributed by atoms with E-state index < -0.39 is 4.33 Å². The molecule has 0 spiro atoms. The lowest BCUT2D eigenvalue weighted by Gasteiger charge is -2.33. The number of ketones is 1. The predicted octanol–water partition coefficient (Wildman–Crippen LogP) is 2.77. The molecule has 0 aromatic rings. The van der Waals surface area contributed by atoms with E-state index in [0.717, 1.165) is 0 Å². The zero-order valence-electron chi connectivity index (χ0n) is 6.11. The van der Waals surface area contributed by atoms with E-state index >= 15 is 0 Å². The van der Waals surface area contributed by atoms with E-state index in [2.05, 4.69) is 0 Å². The van der Waals surface area contributed by atoms with Crippen LogP contribution in [0.2, 0.25) is 0 Å². The Hall–Kier alpha value is 0.540. The smallest absolute Gasteiger partial charge is 0.179 e. The first-order valence-electron chi connectivity index (χ1n) is 3.51. The summed E-state index contributed by atoms with van der Waals surface area (Å²) in [7, 11) is 0. The Morgan fingerprint density at radius 2 is 2.09 bits per heavy atom. The second-order valence-corrected chi connectivity index (χ2v) is 4.84. The van der Waals surface area contributed by atoms with Crippen LogP contribution in [0.25, 0.3) is 0 Å². The first-order chi connectivity index (χ1) is 4.96. The van der Waals surface area contributed by atoms with Crippen molar-refractivity contribution in [1.29, 1.82) is 0 Å². The van der Waals surface area contributed by atoms with E-state index in [4.69, 9.17) is 34.8 Å². The molecule has 4 heteroatoms. The van der Waals surface area contributed by atoms with Gasteiger partial charge < -0.3 is 0 Å². The van der Waals surface area contributed by atoms with Crippen LogP contribution in [0.1, 0.15) is 19.8 Å². The number of Topliss-reactive ketones (excluding diaryl/α,β-unsaturated/α-hetero) is 1. The minimum absolute atomic E-state index is 0.0808. The first-order valence-corrected chi connectivity index (χ1v) is 4.70. The van der Waals surface area contributed by atoms with E-state index in [1.807, 2.05) is 0 Å². The fourth-order valence-corrected chi connectivity index (χ4v) is 2.09. The van der Waals surface area contributed by atoms with Gasteiger partial charge in [0.15, 0.2) is 10.1 Å². The van der Waals surface area contributed by atoms with Gasteiger partial charge in [0.25, 0.3) is 0 Å². The zero-order chi connectivity index (χ0) is 8.65. The predicted molar refractivity (Wildman–Crippen MR) is 47.5 cm³/mol. The van der Waals surface area contributed by atoms with Crippen LogP contribution in [0.4, 0.5) is 0 Å². The fraction of sp³-hybridized carbons (Fsp3) is 0.857.